The Bertz CT molecular complexity index is 696. The molecular formula is C19H27ClN4O3. The molecular weight excluding hydrogens is 368 g/mol. The van der Waals surface area contributed by atoms with Gasteiger partial charge in [-0.1, -0.05) is 25.4 Å². The standard InChI is InChI=1S/C19H27ClN4O3/c1-14-9-15(2)12-21(11-14)13-19(25)23-7-5-22(6-8-23)17-4-3-16(20)10-18(17)24(26)27/h3-4,10,14-15H,5-9,11-13H2,1-2H3/t14-,15+. The lowest BCUT2D eigenvalue weighted by molar-refractivity contribution is -0.384. The van der Waals surface area contributed by atoms with Crippen molar-refractivity contribution in [3.8, 4) is 0 Å². The van der Waals surface area contributed by atoms with Crippen LogP contribution in [0.3, 0.4) is 0 Å². The van der Waals surface area contributed by atoms with Gasteiger partial charge in [-0.2, -0.15) is 0 Å². The van der Waals surface area contributed by atoms with E-state index in [4.69, 9.17) is 11.6 Å². The van der Waals surface area contributed by atoms with Crippen molar-refractivity contribution in [1.82, 2.24) is 9.80 Å². The molecule has 148 valence electrons. The van der Waals surface area contributed by atoms with Crippen molar-refractivity contribution >= 4 is 28.9 Å². The summed E-state index contributed by atoms with van der Waals surface area (Å²) in [4.78, 5) is 29.7. The summed E-state index contributed by atoms with van der Waals surface area (Å²) in [5, 5.41) is 11.7. The Hall–Kier alpha value is -1.86. The van der Waals surface area contributed by atoms with Crippen LogP contribution < -0.4 is 4.90 Å². The summed E-state index contributed by atoms with van der Waals surface area (Å²) in [5.74, 6) is 1.41. The molecule has 1 aromatic carbocycles. The third-order valence-corrected chi connectivity index (χ3v) is 5.65. The minimum Gasteiger partial charge on any atom is -0.362 e. The SMILES string of the molecule is C[C@@H]1C[C@H](C)CN(CC(=O)N2CCN(c3ccc(Cl)cc3[N+](=O)[O-])CC2)C1. The minimum absolute atomic E-state index is 0.0126. The van der Waals surface area contributed by atoms with Crippen LogP contribution >= 0.6 is 11.6 Å². The van der Waals surface area contributed by atoms with Crippen molar-refractivity contribution in [1.29, 1.82) is 0 Å². The molecule has 0 saturated carbocycles. The van der Waals surface area contributed by atoms with Crippen LogP contribution in [-0.4, -0.2) is 66.4 Å². The normalized spacial score (nSPS) is 24.1. The van der Waals surface area contributed by atoms with E-state index in [0.717, 1.165) is 13.1 Å². The van der Waals surface area contributed by atoms with E-state index in [1.807, 2.05) is 9.80 Å². The highest BCUT2D eigenvalue weighted by molar-refractivity contribution is 6.30. The maximum Gasteiger partial charge on any atom is 0.294 e. The fourth-order valence-corrected chi connectivity index (χ4v) is 4.49. The number of hydrogen-bond acceptors (Lipinski definition) is 5. The van der Waals surface area contributed by atoms with Crippen molar-refractivity contribution in [2.75, 3.05) is 50.7 Å². The largest absolute Gasteiger partial charge is 0.362 e. The summed E-state index contributed by atoms with van der Waals surface area (Å²) in [6, 6.07) is 4.74. The summed E-state index contributed by atoms with van der Waals surface area (Å²) in [7, 11) is 0. The number of anilines is 1. The summed E-state index contributed by atoms with van der Waals surface area (Å²) < 4.78 is 0. The molecule has 1 amide bonds. The third kappa shape index (κ3) is 4.90. The average molecular weight is 395 g/mol. The third-order valence-electron chi connectivity index (χ3n) is 5.41. The molecule has 2 fully saturated rings. The Labute approximate surface area is 165 Å². The van der Waals surface area contributed by atoms with Crippen LogP contribution in [0.1, 0.15) is 20.3 Å². The first-order valence-corrected chi connectivity index (χ1v) is 9.90. The highest BCUT2D eigenvalue weighted by Crippen LogP contribution is 2.31. The number of nitro benzene ring substituents is 1. The number of piperidine rings is 1. The van der Waals surface area contributed by atoms with Gasteiger partial charge < -0.3 is 9.80 Å². The number of carbonyl (C=O) groups is 1. The lowest BCUT2D eigenvalue weighted by Crippen LogP contribution is -2.52. The number of rotatable bonds is 4. The van der Waals surface area contributed by atoms with Gasteiger partial charge in [0.2, 0.25) is 5.91 Å². The molecule has 2 heterocycles. The summed E-state index contributed by atoms with van der Waals surface area (Å²) in [5.41, 5.74) is 0.578. The monoisotopic (exact) mass is 394 g/mol. The quantitative estimate of drug-likeness (QED) is 0.580. The van der Waals surface area contributed by atoms with Gasteiger partial charge in [0, 0.05) is 50.4 Å². The van der Waals surface area contributed by atoms with Gasteiger partial charge in [-0.15, -0.1) is 0 Å². The molecule has 8 heteroatoms. The van der Waals surface area contributed by atoms with E-state index in [2.05, 4.69) is 18.7 Å². The van der Waals surface area contributed by atoms with E-state index < -0.39 is 4.92 Å². The molecule has 0 aliphatic carbocycles. The van der Waals surface area contributed by atoms with Crippen molar-refractivity contribution in [3.05, 3.63) is 33.3 Å². The summed E-state index contributed by atoms with van der Waals surface area (Å²) >= 11 is 5.90. The topological polar surface area (TPSA) is 69.9 Å². The van der Waals surface area contributed by atoms with E-state index in [1.165, 1.54) is 12.5 Å². The minimum atomic E-state index is -0.405. The number of benzene rings is 1. The molecule has 1 aromatic rings. The van der Waals surface area contributed by atoms with E-state index in [9.17, 15) is 14.9 Å². The zero-order valence-electron chi connectivity index (χ0n) is 15.9. The van der Waals surface area contributed by atoms with E-state index in [0.29, 0.717) is 55.3 Å². The number of hydrogen-bond donors (Lipinski definition) is 0. The molecule has 0 spiro atoms. The molecule has 0 bridgehead atoms. The maximum atomic E-state index is 12.7. The van der Waals surface area contributed by atoms with Crippen LogP contribution in [0.4, 0.5) is 11.4 Å². The van der Waals surface area contributed by atoms with Crippen molar-refractivity contribution in [3.63, 3.8) is 0 Å². The molecule has 0 radical (unpaired) electrons. The Morgan fingerprint density at radius 1 is 1.19 bits per heavy atom. The first-order chi connectivity index (χ1) is 12.8. The predicted molar refractivity (Wildman–Crippen MR) is 106 cm³/mol. The lowest BCUT2D eigenvalue weighted by atomic mass is 9.92. The number of amides is 1. The van der Waals surface area contributed by atoms with Crippen LogP contribution in [0.2, 0.25) is 5.02 Å². The van der Waals surface area contributed by atoms with Crippen LogP contribution in [-0.2, 0) is 4.79 Å². The summed E-state index contributed by atoms with van der Waals surface area (Å²) in [6.45, 7) is 9.24. The number of piperazine rings is 1. The number of likely N-dealkylation sites (tertiary alicyclic amines) is 1. The van der Waals surface area contributed by atoms with Crippen molar-refractivity contribution < 1.29 is 9.72 Å². The lowest BCUT2D eigenvalue weighted by Gasteiger charge is -2.38. The van der Waals surface area contributed by atoms with Crippen LogP contribution in [0.25, 0.3) is 0 Å². The number of nitrogens with zero attached hydrogens (tertiary/aromatic N) is 4. The van der Waals surface area contributed by atoms with Crippen LogP contribution in [0.5, 0.6) is 0 Å². The molecule has 0 N–H and O–H groups in total. The molecule has 27 heavy (non-hydrogen) atoms. The van der Waals surface area contributed by atoms with Crippen LogP contribution in [0.15, 0.2) is 18.2 Å². The number of halogens is 1. The van der Waals surface area contributed by atoms with Gasteiger partial charge in [-0.3, -0.25) is 19.8 Å². The zero-order chi connectivity index (χ0) is 19.6. The molecule has 0 aromatic heterocycles. The fourth-order valence-electron chi connectivity index (χ4n) is 4.32. The fraction of sp³-hybridized carbons (Fsp3) is 0.632. The maximum absolute atomic E-state index is 12.7. The summed E-state index contributed by atoms with van der Waals surface area (Å²) in [6.07, 6.45) is 1.23. The first kappa shape index (κ1) is 19.9. The van der Waals surface area contributed by atoms with Gasteiger partial charge in [0.25, 0.3) is 5.69 Å². The highest BCUT2D eigenvalue weighted by Gasteiger charge is 2.28. The predicted octanol–water partition coefficient (Wildman–Crippen LogP) is 2.87. The molecule has 2 saturated heterocycles. The Morgan fingerprint density at radius 3 is 2.41 bits per heavy atom. The number of carbonyl (C=O) groups excluding carboxylic acids is 1. The molecule has 0 unspecified atom stereocenters. The Balaban J connectivity index is 1.57. The second kappa shape index (κ2) is 8.44. The zero-order valence-corrected chi connectivity index (χ0v) is 16.7. The molecule has 2 atom stereocenters. The van der Waals surface area contributed by atoms with Gasteiger partial charge >= 0.3 is 0 Å². The van der Waals surface area contributed by atoms with E-state index >= 15 is 0 Å². The molecule has 3 rings (SSSR count). The molecule has 7 nitrogen and oxygen atoms in total. The van der Waals surface area contributed by atoms with E-state index in [1.54, 1.807) is 12.1 Å². The van der Waals surface area contributed by atoms with Gasteiger partial charge in [-0.05, 0) is 30.4 Å². The van der Waals surface area contributed by atoms with Gasteiger partial charge in [-0.25, -0.2) is 0 Å². The Morgan fingerprint density at radius 2 is 1.81 bits per heavy atom. The van der Waals surface area contributed by atoms with Crippen molar-refractivity contribution in [2.45, 2.75) is 20.3 Å². The molecule has 2 aliphatic heterocycles. The first-order valence-electron chi connectivity index (χ1n) is 9.52. The number of nitro groups is 1. The van der Waals surface area contributed by atoms with E-state index in [-0.39, 0.29) is 11.6 Å². The highest BCUT2D eigenvalue weighted by atomic mass is 35.5. The molecule has 2 aliphatic rings. The van der Waals surface area contributed by atoms with Gasteiger partial charge in [0.1, 0.15) is 5.69 Å². The smallest absolute Gasteiger partial charge is 0.294 e. The van der Waals surface area contributed by atoms with Gasteiger partial charge in [0.05, 0.1) is 11.5 Å². The van der Waals surface area contributed by atoms with Crippen LogP contribution in [0, 0.1) is 22.0 Å². The Kier molecular flexibility index (Phi) is 6.22. The second-order valence-corrected chi connectivity index (χ2v) is 8.33. The average Bonchev–Trinajstić information content (AvgIpc) is 2.61. The van der Waals surface area contributed by atoms with Gasteiger partial charge in [0.15, 0.2) is 0 Å². The second-order valence-electron chi connectivity index (χ2n) is 7.90. The van der Waals surface area contributed by atoms with Crippen molar-refractivity contribution in [2.24, 2.45) is 11.8 Å².